The number of nitrogens with zero attached hydrogens (tertiary/aromatic N) is 2. The molecule has 1 aromatic rings. The third-order valence-corrected chi connectivity index (χ3v) is 4.20. The number of carbonyl (C=O) groups is 1. The van der Waals surface area contributed by atoms with Gasteiger partial charge in [-0.15, -0.1) is 11.8 Å². The molecule has 0 saturated heterocycles. The maximum atomic E-state index is 11.8. The maximum Gasteiger partial charge on any atom is 0.313 e. The van der Waals surface area contributed by atoms with Gasteiger partial charge in [-0.3, -0.25) is 14.7 Å². The molecule has 2 atom stereocenters. The molecule has 1 aromatic carbocycles. The largest absolute Gasteiger partial charge is 0.469 e. The van der Waals surface area contributed by atoms with E-state index in [-0.39, 0.29) is 18.1 Å². The van der Waals surface area contributed by atoms with Crippen molar-refractivity contribution in [3.05, 3.63) is 35.9 Å². The number of carbonyl (C=O) groups excluding carboxylic acids is 1. The molecule has 5 heteroatoms. The van der Waals surface area contributed by atoms with Crippen LogP contribution < -0.4 is 0 Å². The monoisotopic (exact) mass is 278 g/mol. The van der Waals surface area contributed by atoms with E-state index in [1.807, 2.05) is 49.3 Å². The van der Waals surface area contributed by atoms with Crippen molar-refractivity contribution in [1.82, 2.24) is 4.90 Å². The molecule has 0 amide bonds. The summed E-state index contributed by atoms with van der Waals surface area (Å²) in [5, 5.41) is 0.986. The zero-order valence-electron chi connectivity index (χ0n) is 11.4. The summed E-state index contributed by atoms with van der Waals surface area (Å²) in [6.45, 7) is 0. The van der Waals surface area contributed by atoms with Crippen molar-refractivity contribution in [1.29, 1.82) is 0 Å². The molecule has 4 nitrogen and oxygen atoms in total. The van der Waals surface area contributed by atoms with Gasteiger partial charge in [-0.05, 0) is 14.1 Å². The number of hydrogen-bond donors (Lipinski definition) is 0. The van der Waals surface area contributed by atoms with Gasteiger partial charge in [0.2, 0.25) is 0 Å². The topological polar surface area (TPSA) is 41.9 Å². The fourth-order valence-corrected chi connectivity index (χ4v) is 3.19. The zero-order chi connectivity index (χ0) is 13.8. The van der Waals surface area contributed by atoms with E-state index >= 15 is 0 Å². The van der Waals surface area contributed by atoms with Crippen LogP contribution in [0.2, 0.25) is 0 Å². The number of aliphatic imine (C=N–C) groups is 1. The second kappa shape index (κ2) is 6.21. The van der Waals surface area contributed by atoms with Crippen LogP contribution in [0.3, 0.4) is 0 Å². The lowest BCUT2D eigenvalue weighted by Gasteiger charge is -2.31. The van der Waals surface area contributed by atoms with Gasteiger partial charge in [0, 0.05) is 11.3 Å². The third kappa shape index (κ3) is 3.16. The van der Waals surface area contributed by atoms with E-state index in [2.05, 4.69) is 0 Å². The molecule has 1 aliphatic rings. The van der Waals surface area contributed by atoms with Gasteiger partial charge in [0.25, 0.3) is 0 Å². The van der Waals surface area contributed by atoms with E-state index in [0.29, 0.717) is 5.75 Å². The van der Waals surface area contributed by atoms with Crippen LogP contribution in [-0.2, 0) is 9.53 Å². The second-order valence-corrected chi connectivity index (χ2v) is 5.63. The number of thioether (sulfide) groups is 1. The first-order valence-corrected chi connectivity index (χ1v) is 7.12. The van der Waals surface area contributed by atoms with Gasteiger partial charge in [-0.2, -0.15) is 0 Å². The van der Waals surface area contributed by atoms with Crippen molar-refractivity contribution < 1.29 is 9.53 Å². The van der Waals surface area contributed by atoms with Crippen LogP contribution in [0, 0.1) is 5.92 Å². The summed E-state index contributed by atoms with van der Waals surface area (Å²) in [5.41, 5.74) is 1.10. The van der Waals surface area contributed by atoms with Gasteiger partial charge >= 0.3 is 5.97 Å². The average Bonchev–Trinajstić information content (AvgIpc) is 2.46. The summed E-state index contributed by atoms with van der Waals surface area (Å²) >= 11 is 1.61. The van der Waals surface area contributed by atoms with Gasteiger partial charge in [0.1, 0.15) is 12.1 Å². The first-order chi connectivity index (χ1) is 9.13. The Labute approximate surface area is 117 Å². The molecule has 1 aliphatic heterocycles. The van der Waals surface area contributed by atoms with E-state index in [1.165, 1.54) is 7.11 Å². The fraction of sp³-hybridized carbons (Fsp3) is 0.429. The van der Waals surface area contributed by atoms with Crippen LogP contribution in [0.1, 0.15) is 5.56 Å². The Hall–Kier alpha value is -1.33. The first-order valence-electron chi connectivity index (χ1n) is 6.13. The van der Waals surface area contributed by atoms with Gasteiger partial charge in [-0.1, -0.05) is 30.3 Å². The van der Waals surface area contributed by atoms with Crippen molar-refractivity contribution in [3.63, 3.8) is 0 Å². The number of benzene rings is 1. The fourth-order valence-electron chi connectivity index (χ4n) is 2.06. The van der Waals surface area contributed by atoms with Crippen LogP contribution >= 0.6 is 11.8 Å². The standard InChI is InChI=1S/C14H18N2O2S/c1-16(2)12-11(14(17)18-3)9-19-13(15-12)10-7-5-4-6-8-10/h4-8,11-12H,9H2,1-3H3/t11-,12+/m0/s1. The zero-order valence-corrected chi connectivity index (χ0v) is 12.2. The van der Waals surface area contributed by atoms with Gasteiger partial charge < -0.3 is 4.74 Å². The highest BCUT2D eigenvalue weighted by atomic mass is 32.2. The van der Waals surface area contributed by atoms with Gasteiger partial charge in [0.05, 0.1) is 12.2 Å². The summed E-state index contributed by atoms with van der Waals surface area (Å²) in [4.78, 5) is 18.5. The Morgan fingerprint density at radius 1 is 1.37 bits per heavy atom. The summed E-state index contributed by atoms with van der Waals surface area (Å²) in [7, 11) is 5.29. The summed E-state index contributed by atoms with van der Waals surface area (Å²) in [6, 6.07) is 10.1. The molecular weight excluding hydrogens is 260 g/mol. The van der Waals surface area contributed by atoms with Crippen molar-refractivity contribution >= 4 is 22.8 Å². The number of ether oxygens (including phenoxy) is 1. The van der Waals surface area contributed by atoms with Crippen LogP contribution in [0.4, 0.5) is 0 Å². The molecule has 0 unspecified atom stereocenters. The second-order valence-electron chi connectivity index (χ2n) is 4.62. The molecule has 0 fully saturated rings. The molecule has 0 aliphatic carbocycles. The van der Waals surface area contributed by atoms with Crippen LogP contribution in [0.5, 0.6) is 0 Å². The lowest BCUT2D eigenvalue weighted by atomic mass is 10.1. The van der Waals surface area contributed by atoms with E-state index in [1.54, 1.807) is 11.8 Å². The Morgan fingerprint density at radius 2 is 2.05 bits per heavy atom. The van der Waals surface area contributed by atoms with Crippen LogP contribution in [0.15, 0.2) is 35.3 Å². The van der Waals surface area contributed by atoms with Crippen molar-refractivity contribution in [2.24, 2.45) is 10.9 Å². The molecule has 19 heavy (non-hydrogen) atoms. The Bertz CT molecular complexity index is 474. The van der Waals surface area contributed by atoms with Crippen LogP contribution in [0.25, 0.3) is 0 Å². The van der Waals surface area contributed by atoms with E-state index in [9.17, 15) is 4.79 Å². The highest BCUT2D eigenvalue weighted by Crippen LogP contribution is 2.28. The quantitative estimate of drug-likeness (QED) is 0.791. The molecule has 0 N–H and O–H groups in total. The minimum absolute atomic E-state index is 0.163. The SMILES string of the molecule is COC(=O)[C@H]1CSC(c2ccccc2)=N[C@@H]1N(C)C. The Morgan fingerprint density at radius 3 is 2.63 bits per heavy atom. The smallest absolute Gasteiger partial charge is 0.313 e. The Balaban J connectivity index is 2.28. The molecule has 2 rings (SSSR count). The van der Waals surface area contributed by atoms with Crippen molar-refractivity contribution in [2.45, 2.75) is 6.17 Å². The summed E-state index contributed by atoms with van der Waals surface area (Å²) < 4.78 is 4.86. The normalized spacial score (nSPS) is 23.1. The molecule has 1 heterocycles. The lowest BCUT2D eigenvalue weighted by Crippen LogP contribution is -2.42. The molecular formula is C14H18N2O2S. The van der Waals surface area contributed by atoms with E-state index in [4.69, 9.17) is 9.73 Å². The van der Waals surface area contributed by atoms with Crippen molar-refractivity contribution in [3.8, 4) is 0 Å². The predicted octanol–water partition coefficient (Wildman–Crippen LogP) is 1.86. The average molecular weight is 278 g/mol. The molecule has 0 radical (unpaired) electrons. The molecule has 102 valence electrons. The van der Waals surface area contributed by atoms with Crippen LogP contribution in [-0.4, -0.2) is 49.0 Å². The predicted molar refractivity (Wildman–Crippen MR) is 78.4 cm³/mol. The number of esters is 1. The van der Waals surface area contributed by atoms with Crippen molar-refractivity contribution in [2.75, 3.05) is 27.0 Å². The summed E-state index contributed by atoms with van der Waals surface area (Å²) in [5.74, 6) is 0.294. The number of hydrogen-bond acceptors (Lipinski definition) is 5. The lowest BCUT2D eigenvalue weighted by molar-refractivity contribution is -0.146. The minimum Gasteiger partial charge on any atom is -0.469 e. The highest BCUT2D eigenvalue weighted by Gasteiger charge is 2.34. The molecule has 0 saturated carbocycles. The third-order valence-electron chi connectivity index (χ3n) is 3.06. The highest BCUT2D eigenvalue weighted by molar-refractivity contribution is 8.14. The number of methoxy groups -OCH3 is 1. The molecule has 0 bridgehead atoms. The van der Waals surface area contributed by atoms with E-state index < -0.39 is 0 Å². The molecule has 0 spiro atoms. The van der Waals surface area contributed by atoms with Gasteiger partial charge in [-0.25, -0.2) is 0 Å². The molecule has 0 aromatic heterocycles. The minimum atomic E-state index is -0.211. The first kappa shape index (κ1) is 14.1. The summed E-state index contributed by atoms with van der Waals surface area (Å²) in [6.07, 6.45) is -0.163. The Kier molecular flexibility index (Phi) is 4.61. The maximum absolute atomic E-state index is 11.8. The van der Waals surface area contributed by atoms with Gasteiger partial charge in [0.15, 0.2) is 0 Å². The number of rotatable bonds is 3. The van der Waals surface area contributed by atoms with E-state index in [0.717, 1.165) is 10.6 Å².